The second-order valence-corrected chi connectivity index (χ2v) is 9.13. The van der Waals surface area contributed by atoms with Crippen molar-refractivity contribution in [2.24, 2.45) is 0 Å². The van der Waals surface area contributed by atoms with E-state index in [0.717, 1.165) is 0 Å². The molecule has 190 valence electrons. The van der Waals surface area contributed by atoms with Crippen molar-refractivity contribution in [1.29, 1.82) is 0 Å². The monoisotopic (exact) mass is 503 g/mol. The smallest absolute Gasteiger partial charge is 0.339 e. The molecule has 0 bridgehead atoms. The maximum atomic E-state index is 13.4. The number of aromatic nitrogens is 3. The number of fused-ring (bicyclic) bond motifs is 1. The number of carbonyl (C=O) groups excluding carboxylic acids is 2. The van der Waals surface area contributed by atoms with Gasteiger partial charge in [-0.05, 0) is 62.7 Å². The molecule has 0 aliphatic heterocycles. The number of amides is 1. The van der Waals surface area contributed by atoms with Gasteiger partial charge < -0.3 is 30.6 Å². The molecule has 0 aliphatic carbocycles. The first-order valence-electron chi connectivity index (χ1n) is 11.2. The van der Waals surface area contributed by atoms with Gasteiger partial charge in [-0.25, -0.2) is 19.6 Å². The minimum absolute atomic E-state index is 0.0230. The number of imidazole rings is 1. The second kappa shape index (κ2) is 9.61. The van der Waals surface area contributed by atoms with Gasteiger partial charge in [0, 0.05) is 17.3 Å². The summed E-state index contributed by atoms with van der Waals surface area (Å²) < 4.78 is 10.7. The summed E-state index contributed by atoms with van der Waals surface area (Å²) in [6, 6.07) is 12.1. The Labute approximate surface area is 211 Å². The molecule has 11 heteroatoms. The van der Waals surface area contributed by atoms with Crippen molar-refractivity contribution in [3.05, 3.63) is 65.4 Å². The standard InChI is InChI=1S/C26H25N5O6/c1-26(2,3)37-24(35)17-11-13(23(33)34)5-7-15(17)16-8-10-20(36-4)31-21(16)22(32)28-14-6-9-18-19(12-14)30-25(27)29-18/h5-12H,1-4H3,(H,28,32)(H,33,34)(H3,27,29,30). The summed E-state index contributed by atoms with van der Waals surface area (Å²) >= 11 is 0. The van der Waals surface area contributed by atoms with Crippen LogP contribution in [0.2, 0.25) is 0 Å². The number of rotatable bonds is 6. The number of ether oxygens (including phenoxy) is 2. The Bertz CT molecular complexity index is 1540. The van der Waals surface area contributed by atoms with Crippen molar-refractivity contribution in [1.82, 2.24) is 15.0 Å². The molecule has 37 heavy (non-hydrogen) atoms. The lowest BCUT2D eigenvalue weighted by molar-refractivity contribution is 0.00702. The normalized spacial score (nSPS) is 11.2. The summed E-state index contributed by atoms with van der Waals surface area (Å²) in [6.45, 7) is 5.09. The number of carboxylic acid groups (broad SMARTS) is 1. The molecule has 0 saturated carbocycles. The number of hydrogen-bond acceptors (Lipinski definition) is 8. The van der Waals surface area contributed by atoms with Gasteiger partial charge in [-0.1, -0.05) is 6.07 Å². The summed E-state index contributed by atoms with van der Waals surface area (Å²) in [5.41, 5.74) is 6.96. The molecule has 2 aromatic carbocycles. The number of nitrogens with zero attached hydrogens (tertiary/aromatic N) is 2. The first-order chi connectivity index (χ1) is 17.4. The van der Waals surface area contributed by atoms with Crippen LogP contribution in [-0.4, -0.2) is 50.6 Å². The number of aromatic amines is 1. The van der Waals surface area contributed by atoms with E-state index in [1.807, 2.05) is 0 Å². The van der Waals surface area contributed by atoms with Gasteiger partial charge in [-0.15, -0.1) is 0 Å². The van der Waals surface area contributed by atoms with E-state index in [1.165, 1.54) is 31.4 Å². The fraction of sp³-hybridized carbons (Fsp3) is 0.192. The number of benzene rings is 2. The Morgan fingerprint density at radius 3 is 2.41 bits per heavy atom. The van der Waals surface area contributed by atoms with Gasteiger partial charge in [0.1, 0.15) is 11.3 Å². The predicted octanol–water partition coefficient (Wildman–Crippen LogP) is 4.12. The highest BCUT2D eigenvalue weighted by atomic mass is 16.6. The third-order valence-electron chi connectivity index (χ3n) is 5.23. The molecule has 1 amide bonds. The number of anilines is 2. The zero-order valence-corrected chi connectivity index (χ0v) is 20.6. The van der Waals surface area contributed by atoms with Crippen molar-refractivity contribution in [2.75, 3.05) is 18.2 Å². The molecule has 4 rings (SSSR count). The lowest BCUT2D eigenvalue weighted by atomic mass is 9.95. The second-order valence-electron chi connectivity index (χ2n) is 9.13. The van der Waals surface area contributed by atoms with Gasteiger partial charge >= 0.3 is 11.9 Å². The van der Waals surface area contributed by atoms with Gasteiger partial charge in [-0.3, -0.25) is 4.79 Å². The maximum Gasteiger partial charge on any atom is 0.339 e. The third-order valence-corrected chi connectivity index (χ3v) is 5.23. The summed E-state index contributed by atoms with van der Waals surface area (Å²) in [5.74, 6) is -2.12. The van der Waals surface area contributed by atoms with Crippen LogP contribution in [0.4, 0.5) is 11.6 Å². The minimum Gasteiger partial charge on any atom is -0.481 e. The largest absolute Gasteiger partial charge is 0.481 e. The Balaban J connectivity index is 1.81. The molecule has 0 radical (unpaired) electrons. The molecule has 0 fully saturated rings. The quantitative estimate of drug-likeness (QED) is 0.283. The Kier molecular flexibility index (Phi) is 6.54. The SMILES string of the molecule is COc1ccc(-c2ccc(C(=O)O)cc2C(=O)OC(C)(C)C)c(C(=O)Nc2ccc3nc(N)[nH]c3c2)n1. The number of nitrogens with two attached hydrogens (primary N) is 1. The zero-order valence-electron chi connectivity index (χ0n) is 20.6. The molecule has 0 aliphatic rings. The molecular formula is C26H25N5O6. The van der Waals surface area contributed by atoms with Crippen LogP contribution in [0.3, 0.4) is 0 Å². The lowest BCUT2D eigenvalue weighted by Crippen LogP contribution is -2.24. The molecule has 0 unspecified atom stereocenters. The fourth-order valence-corrected chi connectivity index (χ4v) is 3.66. The number of esters is 1. The van der Waals surface area contributed by atoms with E-state index in [1.54, 1.807) is 45.0 Å². The lowest BCUT2D eigenvalue weighted by Gasteiger charge is -2.21. The molecule has 4 aromatic rings. The van der Waals surface area contributed by atoms with Crippen LogP contribution in [0.25, 0.3) is 22.2 Å². The topological polar surface area (TPSA) is 170 Å². The van der Waals surface area contributed by atoms with E-state index in [0.29, 0.717) is 16.7 Å². The van der Waals surface area contributed by atoms with Gasteiger partial charge in [-0.2, -0.15) is 0 Å². The van der Waals surface area contributed by atoms with E-state index in [-0.39, 0.29) is 39.8 Å². The Hall–Kier alpha value is -4.93. The van der Waals surface area contributed by atoms with Crippen LogP contribution in [-0.2, 0) is 4.74 Å². The van der Waals surface area contributed by atoms with E-state index in [2.05, 4.69) is 20.3 Å². The molecule has 11 nitrogen and oxygen atoms in total. The van der Waals surface area contributed by atoms with Crippen LogP contribution in [0.15, 0.2) is 48.5 Å². The van der Waals surface area contributed by atoms with Crippen molar-refractivity contribution in [2.45, 2.75) is 26.4 Å². The number of nitrogens with one attached hydrogen (secondary N) is 2. The highest BCUT2D eigenvalue weighted by Crippen LogP contribution is 2.31. The number of aromatic carboxylic acids is 1. The van der Waals surface area contributed by atoms with Crippen LogP contribution >= 0.6 is 0 Å². The highest BCUT2D eigenvalue weighted by Gasteiger charge is 2.26. The van der Waals surface area contributed by atoms with Gasteiger partial charge in [0.25, 0.3) is 5.91 Å². The summed E-state index contributed by atoms with van der Waals surface area (Å²) in [6.07, 6.45) is 0. The van der Waals surface area contributed by atoms with Gasteiger partial charge in [0.15, 0.2) is 5.95 Å². The Morgan fingerprint density at radius 1 is 1.00 bits per heavy atom. The van der Waals surface area contributed by atoms with Crippen molar-refractivity contribution in [3.8, 4) is 17.0 Å². The minimum atomic E-state index is -1.21. The molecule has 2 aromatic heterocycles. The van der Waals surface area contributed by atoms with Crippen LogP contribution in [0, 0.1) is 0 Å². The summed E-state index contributed by atoms with van der Waals surface area (Å²) in [4.78, 5) is 49.4. The fourth-order valence-electron chi connectivity index (χ4n) is 3.66. The average Bonchev–Trinajstić information content (AvgIpc) is 3.21. The van der Waals surface area contributed by atoms with Crippen LogP contribution < -0.4 is 15.8 Å². The summed E-state index contributed by atoms with van der Waals surface area (Å²) in [5, 5.41) is 12.3. The number of carbonyl (C=O) groups is 3. The number of H-pyrrole nitrogens is 1. The number of carboxylic acids is 1. The van der Waals surface area contributed by atoms with E-state index >= 15 is 0 Å². The van der Waals surface area contributed by atoms with Crippen molar-refractivity contribution in [3.63, 3.8) is 0 Å². The highest BCUT2D eigenvalue weighted by molar-refractivity contribution is 6.10. The molecule has 0 atom stereocenters. The van der Waals surface area contributed by atoms with Gasteiger partial charge in [0.05, 0.1) is 29.3 Å². The molecule has 5 N–H and O–H groups in total. The van der Waals surface area contributed by atoms with Gasteiger partial charge in [0.2, 0.25) is 5.88 Å². The average molecular weight is 504 g/mol. The maximum absolute atomic E-state index is 13.4. The molecule has 2 heterocycles. The van der Waals surface area contributed by atoms with Crippen molar-refractivity contribution < 1.29 is 29.0 Å². The number of methoxy groups -OCH3 is 1. The predicted molar refractivity (Wildman–Crippen MR) is 137 cm³/mol. The summed E-state index contributed by atoms with van der Waals surface area (Å²) in [7, 11) is 1.41. The number of pyridine rings is 1. The number of nitrogen functional groups attached to an aromatic ring is 1. The molecule has 0 spiro atoms. The van der Waals surface area contributed by atoms with Crippen LogP contribution in [0.1, 0.15) is 52.0 Å². The van der Waals surface area contributed by atoms with E-state index in [4.69, 9.17) is 15.2 Å². The zero-order chi connectivity index (χ0) is 26.9. The first kappa shape index (κ1) is 25.2. The van der Waals surface area contributed by atoms with Crippen LogP contribution in [0.5, 0.6) is 5.88 Å². The molecular weight excluding hydrogens is 478 g/mol. The van der Waals surface area contributed by atoms with E-state index in [9.17, 15) is 19.5 Å². The van der Waals surface area contributed by atoms with E-state index < -0.39 is 23.4 Å². The Morgan fingerprint density at radius 2 is 1.73 bits per heavy atom. The molecule has 0 saturated heterocycles. The third kappa shape index (κ3) is 5.50. The first-order valence-corrected chi connectivity index (χ1v) is 11.2. The van der Waals surface area contributed by atoms with Crippen molar-refractivity contribution >= 4 is 40.5 Å². The number of hydrogen-bond donors (Lipinski definition) is 4.